The van der Waals surface area contributed by atoms with Gasteiger partial charge in [0.05, 0.1) is 24.0 Å². The number of rotatable bonds is 7. The predicted molar refractivity (Wildman–Crippen MR) is 86.8 cm³/mol. The predicted octanol–water partition coefficient (Wildman–Crippen LogP) is 3.22. The molecule has 1 rings (SSSR count). The molecule has 0 radical (unpaired) electrons. The number of carbonyl (C=O) groups excluding carboxylic acids is 2. The molecule has 0 N–H and O–H groups in total. The molecule has 4 nitrogen and oxygen atoms in total. The van der Waals surface area contributed by atoms with Crippen LogP contribution in [-0.4, -0.2) is 29.7 Å². The van der Waals surface area contributed by atoms with Crippen molar-refractivity contribution in [1.82, 2.24) is 0 Å². The molecule has 0 fully saturated rings. The van der Waals surface area contributed by atoms with Crippen molar-refractivity contribution < 1.29 is 9.59 Å². The minimum absolute atomic E-state index is 0.0405. The van der Waals surface area contributed by atoms with E-state index in [4.69, 9.17) is 16.9 Å². The Balaban J connectivity index is 2.83. The van der Waals surface area contributed by atoms with Crippen LogP contribution in [0.1, 0.15) is 18.9 Å². The highest BCUT2D eigenvalue weighted by Crippen LogP contribution is 2.23. The average Bonchev–Trinajstić information content (AvgIpc) is 2.42. The Morgan fingerprint density at radius 1 is 1.38 bits per heavy atom. The lowest BCUT2D eigenvalue weighted by molar-refractivity contribution is -0.116. The molecule has 6 heteroatoms. The van der Waals surface area contributed by atoms with Crippen LogP contribution >= 0.6 is 23.4 Å². The molecule has 0 bridgehead atoms. The molecule has 0 aliphatic heterocycles. The van der Waals surface area contributed by atoms with E-state index < -0.39 is 0 Å². The number of halogens is 1. The van der Waals surface area contributed by atoms with Gasteiger partial charge in [0.15, 0.2) is 0 Å². The summed E-state index contributed by atoms with van der Waals surface area (Å²) < 4.78 is 0. The second-order valence-corrected chi connectivity index (χ2v) is 5.97. The molecule has 21 heavy (non-hydrogen) atoms. The number of nitrogens with zero attached hydrogens (tertiary/aromatic N) is 2. The summed E-state index contributed by atoms with van der Waals surface area (Å²) in [5.41, 5.74) is 1.60. The van der Waals surface area contributed by atoms with Crippen LogP contribution in [0.2, 0.25) is 5.02 Å². The van der Waals surface area contributed by atoms with Crippen molar-refractivity contribution in [1.29, 1.82) is 5.26 Å². The average molecular weight is 325 g/mol. The van der Waals surface area contributed by atoms with E-state index >= 15 is 0 Å². The van der Waals surface area contributed by atoms with Gasteiger partial charge in [0, 0.05) is 17.3 Å². The van der Waals surface area contributed by atoms with Crippen molar-refractivity contribution >= 4 is 40.7 Å². The quantitative estimate of drug-likeness (QED) is 0.772. The van der Waals surface area contributed by atoms with Crippen molar-refractivity contribution in [2.75, 3.05) is 23.0 Å². The van der Waals surface area contributed by atoms with Crippen molar-refractivity contribution in [2.45, 2.75) is 20.3 Å². The fraction of sp³-hybridized carbons (Fsp3) is 0.400. The Morgan fingerprint density at radius 3 is 2.67 bits per heavy atom. The largest absolute Gasteiger partial charge is 0.311 e. The summed E-state index contributed by atoms with van der Waals surface area (Å²) in [7, 11) is 0. The number of anilines is 1. The molecule has 1 aromatic rings. The van der Waals surface area contributed by atoms with Gasteiger partial charge in [-0.2, -0.15) is 5.26 Å². The Bertz CT molecular complexity index is 569. The molecule has 0 spiro atoms. The van der Waals surface area contributed by atoms with E-state index in [1.807, 2.05) is 19.1 Å². The second kappa shape index (κ2) is 8.71. The monoisotopic (exact) mass is 324 g/mol. The van der Waals surface area contributed by atoms with Gasteiger partial charge in [-0.05, 0) is 37.6 Å². The number of carbonyl (C=O) groups is 2. The Hall–Kier alpha value is -1.51. The van der Waals surface area contributed by atoms with Gasteiger partial charge >= 0.3 is 0 Å². The Morgan fingerprint density at radius 2 is 2.10 bits per heavy atom. The summed E-state index contributed by atoms with van der Waals surface area (Å²) in [6, 6.07) is 7.37. The molecule has 112 valence electrons. The molecular formula is C15H17ClN2O2S. The SMILES string of the molecule is CC(=O)CSCC(=O)N(CCC#N)c1ccc(Cl)c(C)c1. The van der Waals surface area contributed by atoms with Gasteiger partial charge < -0.3 is 4.90 Å². The highest BCUT2D eigenvalue weighted by atomic mass is 35.5. The highest BCUT2D eigenvalue weighted by molar-refractivity contribution is 8.00. The maximum absolute atomic E-state index is 12.3. The first-order valence-electron chi connectivity index (χ1n) is 6.46. The molecule has 0 aromatic heterocycles. The molecule has 1 amide bonds. The molecule has 1 aromatic carbocycles. The summed E-state index contributed by atoms with van der Waals surface area (Å²) in [6.07, 6.45) is 0.255. The number of thioether (sulfide) groups is 1. The maximum atomic E-state index is 12.3. The van der Waals surface area contributed by atoms with Gasteiger partial charge in [-0.1, -0.05) is 11.6 Å². The van der Waals surface area contributed by atoms with Crippen LogP contribution in [-0.2, 0) is 9.59 Å². The summed E-state index contributed by atoms with van der Waals surface area (Å²) in [5, 5.41) is 9.37. The van der Waals surface area contributed by atoms with E-state index in [0.29, 0.717) is 17.3 Å². The molecule has 0 aliphatic rings. The van der Waals surface area contributed by atoms with E-state index in [1.165, 1.54) is 18.7 Å². The third kappa shape index (κ3) is 5.78. The summed E-state index contributed by atoms with van der Waals surface area (Å²) >= 11 is 7.27. The lowest BCUT2D eigenvalue weighted by Crippen LogP contribution is -2.33. The molecule has 0 unspecified atom stereocenters. The number of hydrogen-bond acceptors (Lipinski definition) is 4. The fourth-order valence-corrected chi connectivity index (χ4v) is 2.55. The summed E-state index contributed by atoms with van der Waals surface area (Å²) in [5.74, 6) is 0.460. The minimum atomic E-state index is -0.113. The van der Waals surface area contributed by atoms with Crippen LogP contribution in [0.25, 0.3) is 0 Å². The summed E-state index contributed by atoms with van der Waals surface area (Å²) in [6.45, 7) is 3.69. The number of benzene rings is 1. The number of aryl methyl sites for hydroxylation is 1. The lowest BCUT2D eigenvalue weighted by atomic mass is 10.2. The standard InChI is InChI=1S/C15H17ClN2O2S/c1-11-8-13(4-5-14(11)16)18(7-3-6-17)15(20)10-21-9-12(2)19/h4-5,8H,3,7,9-10H2,1-2H3. The van der Waals surface area contributed by atoms with Crippen LogP contribution in [0, 0.1) is 18.3 Å². The maximum Gasteiger partial charge on any atom is 0.237 e. The van der Waals surface area contributed by atoms with E-state index in [9.17, 15) is 9.59 Å². The molecule has 0 saturated heterocycles. The summed E-state index contributed by atoms with van der Waals surface area (Å²) in [4.78, 5) is 24.8. The second-order valence-electron chi connectivity index (χ2n) is 4.58. The number of hydrogen-bond donors (Lipinski definition) is 0. The van der Waals surface area contributed by atoms with Gasteiger partial charge in [-0.25, -0.2) is 0 Å². The third-order valence-corrected chi connectivity index (χ3v) is 4.22. The van der Waals surface area contributed by atoms with Gasteiger partial charge in [-0.3, -0.25) is 9.59 Å². The zero-order valence-corrected chi connectivity index (χ0v) is 13.6. The Kier molecular flexibility index (Phi) is 7.27. The van der Waals surface area contributed by atoms with E-state index in [1.54, 1.807) is 17.0 Å². The van der Waals surface area contributed by atoms with Crippen molar-refractivity contribution in [2.24, 2.45) is 0 Å². The van der Waals surface area contributed by atoms with Gasteiger partial charge in [0.25, 0.3) is 0 Å². The third-order valence-electron chi connectivity index (χ3n) is 2.73. The van der Waals surface area contributed by atoms with Crippen LogP contribution in [0.3, 0.4) is 0 Å². The number of ketones is 1. The number of amides is 1. The highest BCUT2D eigenvalue weighted by Gasteiger charge is 2.16. The topological polar surface area (TPSA) is 61.2 Å². The van der Waals surface area contributed by atoms with Gasteiger partial charge in [0.1, 0.15) is 5.78 Å². The van der Waals surface area contributed by atoms with Crippen LogP contribution < -0.4 is 4.90 Å². The smallest absolute Gasteiger partial charge is 0.237 e. The zero-order chi connectivity index (χ0) is 15.8. The van der Waals surface area contributed by atoms with E-state index in [0.717, 1.165) is 11.3 Å². The van der Waals surface area contributed by atoms with Gasteiger partial charge in [0.2, 0.25) is 5.91 Å². The first-order valence-corrected chi connectivity index (χ1v) is 7.99. The molecule has 0 atom stereocenters. The van der Waals surface area contributed by atoms with Gasteiger partial charge in [-0.15, -0.1) is 11.8 Å². The Labute approximate surface area is 134 Å². The van der Waals surface area contributed by atoms with E-state index in [2.05, 4.69) is 0 Å². The molecular weight excluding hydrogens is 308 g/mol. The molecule has 0 heterocycles. The normalized spacial score (nSPS) is 10.0. The first kappa shape index (κ1) is 17.5. The van der Waals surface area contributed by atoms with Crippen molar-refractivity contribution in [3.63, 3.8) is 0 Å². The zero-order valence-electron chi connectivity index (χ0n) is 12.1. The lowest BCUT2D eigenvalue weighted by Gasteiger charge is -2.22. The molecule has 0 aliphatic carbocycles. The number of Topliss-reactive ketones (excluding diaryl/α,β-unsaturated/α-hetero) is 1. The number of nitriles is 1. The van der Waals surface area contributed by atoms with Crippen LogP contribution in [0.15, 0.2) is 18.2 Å². The van der Waals surface area contributed by atoms with Crippen molar-refractivity contribution in [3.8, 4) is 6.07 Å². The van der Waals surface area contributed by atoms with E-state index in [-0.39, 0.29) is 23.9 Å². The molecule has 0 saturated carbocycles. The van der Waals surface area contributed by atoms with Crippen LogP contribution in [0.5, 0.6) is 0 Å². The van der Waals surface area contributed by atoms with Crippen molar-refractivity contribution in [3.05, 3.63) is 28.8 Å². The first-order chi connectivity index (χ1) is 9.95. The minimum Gasteiger partial charge on any atom is -0.311 e. The fourth-order valence-electron chi connectivity index (χ4n) is 1.72. The van der Waals surface area contributed by atoms with Crippen LogP contribution in [0.4, 0.5) is 5.69 Å².